The Morgan fingerprint density at radius 1 is 1.67 bits per heavy atom. The third-order valence-corrected chi connectivity index (χ3v) is 0.622. The van der Waals surface area contributed by atoms with Crippen molar-refractivity contribution in [1.29, 1.82) is 0 Å². The summed E-state index contributed by atoms with van der Waals surface area (Å²) >= 11 is 0. The van der Waals surface area contributed by atoms with Gasteiger partial charge >= 0.3 is 5.95 Å². The van der Waals surface area contributed by atoms with Crippen LogP contribution in [0.5, 0.6) is 5.95 Å². The first-order valence-corrected chi connectivity index (χ1v) is 1.96. The van der Waals surface area contributed by atoms with Crippen molar-refractivity contribution in [3.63, 3.8) is 0 Å². The first-order valence-electron chi connectivity index (χ1n) is 1.96. The van der Waals surface area contributed by atoms with Gasteiger partial charge in [-0.2, -0.15) is 0 Å². The third-order valence-electron chi connectivity index (χ3n) is 0.622. The molecule has 0 saturated heterocycles. The summed E-state index contributed by atoms with van der Waals surface area (Å²) in [6.07, 6.45) is 1.39. The summed E-state index contributed by atoms with van der Waals surface area (Å²) in [4.78, 5) is 13.4. The highest BCUT2D eigenvalue weighted by Gasteiger charge is 1.91. The minimum Gasteiger partial charge on any atom is -0.433 e. The van der Waals surface area contributed by atoms with Crippen LogP contribution in [0.4, 0.5) is 4.70 Å². The molecule has 0 spiro atoms. The Hall–Kier alpha value is -1.39. The van der Waals surface area contributed by atoms with Gasteiger partial charge in [0.15, 0.2) is 5.34 Å². The predicted molar refractivity (Wildman–Crippen MR) is 27.6 cm³/mol. The molecule has 0 aliphatic rings. The van der Waals surface area contributed by atoms with Gasteiger partial charge in [-0.25, -0.2) is 0 Å². The zero-order valence-corrected chi connectivity index (χ0v) is 4.31. The lowest BCUT2D eigenvalue weighted by Gasteiger charge is -1.80. The lowest BCUT2D eigenvalue weighted by Crippen LogP contribution is -1.72. The zero-order valence-electron chi connectivity index (χ0n) is 4.31. The van der Waals surface area contributed by atoms with E-state index in [-0.39, 0.29) is 10.7 Å². The topological polar surface area (TPSA) is 51.8 Å². The van der Waals surface area contributed by atoms with Crippen LogP contribution in [0.15, 0.2) is 28.2 Å². The van der Waals surface area contributed by atoms with Crippen LogP contribution in [-0.4, -0.2) is 0 Å². The molecule has 0 fully saturated rings. The molecule has 0 atom stereocenters. The molecule has 1 aromatic rings. The van der Waals surface area contributed by atoms with Crippen LogP contribution in [0, 0.1) is 4.91 Å². The fourth-order valence-electron chi connectivity index (χ4n) is 0.352. The molecule has 4 nitrogen and oxygen atoms in total. The highest BCUT2D eigenvalue weighted by molar-refractivity contribution is 5.03. The second-order valence-corrected chi connectivity index (χ2v) is 1.10. The monoisotopic (exact) mass is 133 g/mol. The van der Waals surface area contributed by atoms with E-state index in [9.17, 15) is 4.91 Å². The molecule has 5 heteroatoms. The molecule has 0 aliphatic carbocycles. The third kappa shape index (κ3) is 1.89. The Labute approximate surface area is 49.7 Å². The molecule has 0 amide bonds. The average Bonchev–Trinajstić information content (AvgIpc) is 2.19. The summed E-state index contributed by atoms with van der Waals surface area (Å²) in [5.41, 5.74) is 0. The lowest BCUT2D eigenvalue weighted by molar-refractivity contribution is 0.252. The van der Waals surface area contributed by atoms with Gasteiger partial charge in [0.25, 0.3) is 0 Å². The number of hydrogen-bond acceptors (Lipinski definition) is 4. The summed E-state index contributed by atoms with van der Waals surface area (Å²) < 4.78 is 4.56. The summed E-state index contributed by atoms with van der Waals surface area (Å²) in [5, 5.41) is 2.13. The van der Waals surface area contributed by atoms with Gasteiger partial charge in [-0.1, -0.05) is 0 Å². The zero-order chi connectivity index (χ0) is 5.82. The van der Waals surface area contributed by atoms with E-state index in [0.29, 0.717) is 0 Å². The van der Waals surface area contributed by atoms with Crippen LogP contribution in [0.3, 0.4) is 0 Å². The van der Waals surface area contributed by atoms with Crippen molar-refractivity contribution < 1.29 is 14.0 Å². The minimum atomic E-state index is 0. The largest absolute Gasteiger partial charge is 0.433 e. The molecule has 50 valence electrons. The first-order chi connectivity index (χ1) is 3.93. The Bertz CT molecular complexity index is 162. The molecule has 1 aromatic heterocycles. The SMILES string of the molecule is F.O=NOc1ccco1. The fourth-order valence-corrected chi connectivity index (χ4v) is 0.352. The van der Waals surface area contributed by atoms with E-state index in [4.69, 9.17) is 0 Å². The second-order valence-electron chi connectivity index (χ2n) is 1.10. The molecule has 0 radical (unpaired) electrons. The van der Waals surface area contributed by atoms with E-state index in [0.717, 1.165) is 0 Å². The van der Waals surface area contributed by atoms with Gasteiger partial charge in [0.2, 0.25) is 0 Å². The highest BCUT2D eigenvalue weighted by atomic mass is 19.0. The number of halogens is 1. The summed E-state index contributed by atoms with van der Waals surface area (Å²) in [6, 6.07) is 3.09. The van der Waals surface area contributed by atoms with E-state index in [1.807, 2.05) is 0 Å². The van der Waals surface area contributed by atoms with Crippen molar-refractivity contribution in [2.75, 3.05) is 0 Å². The van der Waals surface area contributed by atoms with Gasteiger partial charge in [-0.3, -0.25) is 9.54 Å². The van der Waals surface area contributed by atoms with Gasteiger partial charge in [0.05, 0.1) is 6.26 Å². The summed E-state index contributed by atoms with van der Waals surface area (Å²) in [7, 11) is 0. The van der Waals surface area contributed by atoms with E-state index in [2.05, 4.69) is 14.6 Å². The second kappa shape index (κ2) is 3.59. The number of rotatable bonds is 2. The fraction of sp³-hybridized carbons (Fsp3) is 0. The minimum absolute atomic E-state index is 0. The van der Waals surface area contributed by atoms with Gasteiger partial charge < -0.3 is 4.42 Å². The maximum absolute atomic E-state index is 9.34. The number of hydrogen-bond donors (Lipinski definition) is 0. The van der Waals surface area contributed by atoms with E-state index in [1.54, 1.807) is 6.07 Å². The molecule has 0 unspecified atom stereocenters. The Kier molecular flexibility index (Phi) is 3.04. The van der Waals surface area contributed by atoms with E-state index < -0.39 is 0 Å². The van der Waals surface area contributed by atoms with Crippen molar-refractivity contribution in [3.05, 3.63) is 23.3 Å². The molecular formula is C4H4FNO3. The van der Waals surface area contributed by atoms with Crippen LogP contribution < -0.4 is 4.84 Å². The quantitative estimate of drug-likeness (QED) is 0.453. The van der Waals surface area contributed by atoms with Crippen LogP contribution in [0.2, 0.25) is 0 Å². The normalized spacial score (nSPS) is 7.56. The molecule has 1 rings (SSSR count). The maximum atomic E-state index is 9.34. The molecule has 9 heavy (non-hydrogen) atoms. The van der Waals surface area contributed by atoms with E-state index in [1.165, 1.54) is 12.3 Å². The van der Waals surface area contributed by atoms with E-state index >= 15 is 0 Å². The van der Waals surface area contributed by atoms with Gasteiger partial charge in [-0.15, -0.1) is 4.91 Å². The summed E-state index contributed by atoms with van der Waals surface area (Å²) in [5.74, 6) is 0.111. The highest BCUT2D eigenvalue weighted by Crippen LogP contribution is 2.08. The molecule has 1 heterocycles. The Morgan fingerprint density at radius 2 is 2.44 bits per heavy atom. The molecular weight excluding hydrogens is 129 g/mol. The van der Waals surface area contributed by atoms with Crippen LogP contribution in [-0.2, 0) is 0 Å². The van der Waals surface area contributed by atoms with Crippen molar-refractivity contribution in [2.45, 2.75) is 0 Å². The van der Waals surface area contributed by atoms with Gasteiger partial charge in [0.1, 0.15) is 0 Å². The van der Waals surface area contributed by atoms with Crippen molar-refractivity contribution in [1.82, 2.24) is 0 Å². The Balaban J connectivity index is 0.000000640. The molecule has 0 saturated carbocycles. The van der Waals surface area contributed by atoms with Gasteiger partial charge in [0, 0.05) is 6.07 Å². The van der Waals surface area contributed by atoms with Crippen LogP contribution >= 0.6 is 0 Å². The lowest BCUT2D eigenvalue weighted by atomic mass is 10.7. The molecule has 0 aliphatic heterocycles. The molecule has 0 aromatic carbocycles. The van der Waals surface area contributed by atoms with Crippen LogP contribution in [0.25, 0.3) is 0 Å². The van der Waals surface area contributed by atoms with Gasteiger partial charge in [-0.05, 0) is 6.07 Å². The smallest absolute Gasteiger partial charge is 0.317 e. The predicted octanol–water partition coefficient (Wildman–Crippen LogP) is 1.49. The summed E-state index contributed by atoms with van der Waals surface area (Å²) in [6.45, 7) is 0. The van der Waals surface area contributed by atoms with Crippen molar-refractivity contribution in [2.24, 2.45) is 5.34 Å². The molecule has 0 bridgehead atoms. The maximum Gasteiger partial charge on any atom is 0.317 e. The Morgan fingerprint density at radius 3 is 2.89 bits per heavy atom. The molecule has 0 N–H and O–H groups in total. The first kappa shape index (κ1) is 7.61. The van der Waals surface area contributed by atoms with Crippen molar-refractivity contribution in [3.8, 4) is 5.95 Å². The standard InChI is InChI=1S/C4H3NO3.FH/c6-5-8-4-2-1-3-7-4;/h1-3H;1H. The number of nitrogens with zero attached hydrogens (tertiary/aromatic N) is 1. The van der Waals surface area contributed by atoms with Crippen LogP contribution in [0.1, 0.15) is 0 Å². The van der Waals surface area contributed by atoms with Crippen molar-refractivity contribution >= 4 is 0 Å². The number of furan rings is 1. The average molecular weight is 133 g/mol.